The van der Waals surface area contributed by atoms with Gasteiger partial charge in [0.05, 0.1) is 35.3 Å². The summed E-state index contributed by atoms with van der Waals surface area (Å²) in [5.41, 5.74) is 7.07. The van der Waals surface area contributed by atoms with Crippen LogP contribution in [-0.4, -0.2) is 62.9 Å². The van der Waals surface area contributed by atoms with Crippen LogP contribution in [0.3, 0.4) is 0 Å². The molecule has 0 aliphatic carbocycles. The van der Waals surface area contributed by atoms with E-state index in [0.717, 1.165) is 53.7 Å². The largest absolute Gasteiger partial charge is 0.493 e. The van der Waals surface area contributed by atoms with Gasteiger partial charge in [-0.3, -0.25) is 24.2 Å². The van der Waals surface area contributed by atoms with Crippen LogP contribution in [0.25, 0.3) is 11.1 Å². The summed E-state index contributed by atoms with van der Waals surface area (Å²) in [5, 5.41) is 5.82. The number of nitrogens with one attached hydrogen (secondary N) is 2. The fraction of sp³-hybridized carbons (Fsp3) is 0.279. The molecule has 276 valence electrons. The number of nitrogens with zero attached hydrogens (tertiary/aromatic N) is 4. The highest BCUT2D eigenvalue weighted by Crippen LogP contribution is 2.34. The van der Waals surface area contributed by atoms with Gasteiger partial charge in [-0.15, -0.1) is 0 Å². The smallest absolute Gasteiger partial charge is 0.272 e. The van der Waals surface area contributed by atoms with Gasteiger partial charge >= 0.3 is 0 Å². The topological polar surface area (TPSA) is 127 Å². The lowest BCUT2D eigenvalue weighted by Gasteiger charge is -2.32. The zero-order valence-corrected chi connectivity index (χ0v) is 30.8. The van der Waals surface area contributed by atoms with Gasteiger partial charge < -0.3 is 29.4 Å². The Kier molecular flexibility index (Phi) is 10.6. The zero-order valence-electron chi connectivity index (χ0n) is 30.8. The van der Waals surface area contributed by atoms with Crippen molar-refractivity contribution < 1.29 is 23.9 Å². The third kappa shape index (κ3) is 8.05. The average Bonchev–Trinajstić information content (AvgIpc) is 3.71. The van der Waals surface area contributed by atoms with E-state index < -0.39 is 0 Å². The molecule has 11 nitrogen and oxygen atoms in total. The third-order valence-corrected chi connectivity index (χ3v) is 10.0. The van der Waals surface area contributed by atoms with Crippen LogP contribution >= 0.6 is 0 Å². The minimum absolute atomic E-state index is 0.0180. The van der Waals surface area contributed by atoms with E-state index in [4.69, 9.17) is 4.74 Å². The molecule has 2 aliphatic heterocycles. The monoisotopic (exact) mass is 724 g/mol. The second-order valence-corrected chi connectivity index (χ2v) is 14.0. The summed E-state index contributed by atoms with van der Waals surface area (Å²) in [5.74, 6) is 0.229. The van der Waals surface area contributed by atoms with Crippen LogP contribution < -0.4 is 15.4 Å². The molecule has 1 atom stereocenters. The van der Waals surface area contributed by atoms with E-state index in [-0.39, 0.29) is 42.4 Å². The Morgan fingerprint density at radius 1 is 0.852 bits per heavy atom. The van der Waals surface area contributed by atoms with Crippen molar-refractivity contribution >= 4 is 46.8 Å². The Labute approximate surface area is 314 Å². The molecule has 0 radical (unpaired) electrons. The van der Waals surface area contributed by atoms with Gasteiger partial charge in [0.1, 0.15) is 11.4 Å². The molecule has 5 aromatic rings. The van der Waals surface area contributed by atoms with Crippen molar-refractivity contribution in [2.75, 3.05) is 23.8 Å². The summed E-state index contributed by atoms with van der Waals surface area (Å²) >= 11 is 0. The van der Waals surface area contributed by atoms with Crippen molar-refractivity contribution in [3.05, 3.63) is 119 Å². The highest BCUT2D eigenvalue weighted by Gasteiger charge is 2.30. The number of anilines is 2. The van der Waals surface area contributed by atoms with Gasteiger partial charge in [0.25, 0.3) is 11.8 Å². The van der Waals surface area contributed by atoms with E-state index in [9.17, 15) is 19.2 Å². The molecule has 2 aliphatic rings. The summed E-state index contributed by atoms with van der Waals surface area (Å²) < 4.78 is 9.55. The molecule has 4 heterocycles. The number of piperidine rings is 1. The number of amides is 3. The van der Waals surface area contributed by atoms with Crippen LogP contribution in [0.5, 0.6) is 5.75 Å². The number of ether oxygens (including phenoxy) is 1. The number of rotatable bonds is 12. The number of Topliss-reactive ketones (excluding diaryl/α,β-unsaturated/α-hetero) is 1. The van der Waals surface area contributed by atoms with Crippen molar-refractivity contribution in [2.45, 2.75) is 51.5 Å². The first kappa shape index (κ1) is 36.1. The first-order valence-electron chi connectivity index (χ1n) is 18.4. The fourth-order valence-electron chi connectivity index (χ4n) is 7.10. The summed E-state index contributed by atoms with van der Waals surface area (Å²) in [4.78, 5) is 58.7. The van der Waals surface area contributed by atoms with Crippen molar-refractivity contribution in [1.29, 1.82) is 0 Å². The maximum atomic E-state index is 13.3. The minimum Gasteiger partial charge on any atom is -0.493 e. The van der Waals surface area contributed by atoms with E-state index in [2.05, 4.69) is 15.6 Å². The summed E-state index contributed by atoms with van der Waals surface area (Å²) in [6.07, 6.45) is 9.48. The number of ketones is 1. The van der Waals surface area contributed by atoms with E-state index in [1.165, 1.54) is 0 Å². The molecule has 0 spiro atoms. The molecular weight excluding hydrogens is 681 g/mol. The Morgan fingerprint density at radius 3 is 2.43 bits per heavy atom. The summed E-state index contributed by atoms with van der Waals surface area (Å²) in [6.45, 7) is 2.99. The summed E-state index contributed by atoms with van der Waals surface area (Å²) in [7, 11) is 3.62. The van der Waals surface area contributed by atoms with Crippen LogP contribution in [0.15, 0.2) is 96.2 Å². The highest BCUT2D eigenvalue weighted by molar-refractivity contribution is 6.04. The molecule has 11 heteroatoms. The molecule has 54 heavy (non-hydrogen) atoms. The Bertz CT molecular complexity index is 2230. The maximum Gasteiger partial charge on any atom is 0.272 e. The zero-order chi connectivity index (χ0) is 37.8. The minimum atomic E-state index is -0.192. The molecule has 0 unspecified atom stereocenters. The molecule has 7 rings (SSSR count). The lowest BCUT2D eigenvalue weighted by molar-refractivity contribution is -0.116. The average molecular weight is 725 g/mol. The number of hydrogen-bond acceptors (Lipinski definition) is 6. The standard InChI is InChI=1S/C43H44N6O5/c1-28-20-35-36(44-25-34-12-7-8-18-49(34)43(35)53)24-40(28)54-19-9-13-41(51)45-33-23-37(48(3)27-33)39(50)21-29-14-16-30(17-15-29)31-22-38(47(2)26-31)42(52)46-32-10-5-4-6-11-32/h4-6,10-11,14-17,20,22-27,34H,7-9,12-13,18-19,21H2,1-3H3,(H,45,51)(H,46,52)/t34-/m0/s1. The normalized spacial score (nSPS) is 14.9. The van der Waals surface area contributed by atoms with Crippen LogP contribution in [0.4, 0.5) is 17.1 Å². The first-order chi connectivity index (χ1) is 26.1. The fourth-order valence-corrected chi connectivity index (χ4v) is 7.10. The number of aromatic nitrogens is 2. The summed E-state index contributed by atoms with van der Waals surface area (Å²) in [6, 6.07) is 24.3. The number of aryl methyl sites for hydroxylation is 3. The van der Waals surface area contributed by atoms with Gasteiger partial charge in [-0.1, -0.05) is 42.5 Å². The Hall–Kier alpha value is -6.23. The molecule has 3 aromatic carbocycles. The molecular formula is C43H44N6O5. The van der Waals surface area contributed by atoms with Crippen LogP contribution in [0.1, 0.15) is 74.6 Å². The van der Waals surface area contributed by atoms with Crippen molar-refractivity contribution in [2.24, 2.45) is 19.1 Å². The molecule has 1 fully saturated rings. The number of para-hydroxylation sites is 1. The highest BCUT2D eigenvalue weighted by atomic mass is 16.5. The van der Waals surface area contributed by atoms with Crippen molar-refractivity contribution in [1.82, 2.24) is 14.0 Å². The van der Waals surface area contributed by atoms with Gasteiger partial charge in [0.15, 0.2) is 5.78 Å². The lowest BCUT2D eigenvalue weighted by Crippen LogP contribution is -2.43. The molecule has 1 saturated heterocycles. The Balaban J connectivity index is 0.892. The van der Waals surface area contributed by atoms with Gasteiger partial charge in [0, 0.05) is 69.4 Å². The second kappa shape index (κ2) is 15.8. The van der Waals surface area contributed by atoms with Crippen LogP contribution in [0, 0.1) is 6.92 Å². The molecule has 3 amide bonds. The number of aliphatic imine (C=N–C) groups is 1. The van der Waals surface area contributed by atoms with Gasteiger partial charge in [0.2, 0.25) is 5.91 Å². The third-order valence-electron chi connectivity index (χ3n) is 10.0. The quantitative estimate of drug-likeness (QED) is 0.102. The molecule has 0 bridgehead atoms. The van der Waals surface area contributed by atoms with E-state index in [1.54, 1.807) is 28.4 Å². The van der Waals surface area contributed by atoms with Gasteiger partial charge in [-0.05, 0) is 79.6 Å². The number of carbonyl (C=O) groups excluding carboxylic acids is 4. The predicted molar refractivity (Wildman–Crippen MR) is 210 cm³/mol. The maximum absolute atomic E-state index is 13.3. The van der Waals surface area contributed by atoms with E-state index in [1.807, 2.05) is 104 Å². The number of benzene rings is 3. The number of fused-ring (bicyclic) bond motifs is 2. The van der Waals surface area contributed by atoms with Gasteiger partial charge in [-0.2, -0.15) is 0 Å². The molecule has 2 aromatic heterocycles. The van der Waals surface area contributed by atoms with E-state index in [0.29, 0.717) is 47.1 Å². The number of carbonyl (C=O) groups is 4. The van der Waals surface area contributed by atoms with Crippen LogP contribution in [0.2, 0.25) is 0 Å². The molecule has 0 saturated carbocycles. The predicted octanol–water partition coefficient (Wildman–Crippen LogP) is 7.53. The second-order valence-electron chi connectivity index (χ2n) is 14.0. The van der Waals surface area contributed by atoms with Crippen molar-refractivity contribution in [3.63, 3.8) is 0 Å². The Morgan fingerprint density at radius 2 is 1.63 bits per heavy atom. The van der Waals surface area contributed by atoms with Gasteiger partial charge in [-0.25, -0.2) is 0 Å². The first-order valence-corrected chi connectivity index (χ1v) is 18.4. The van der Waals surface area contributed by atoms with Crippen molar-refractivity contribution in [3.8, 4) is 16.9 Å². The van der Waals surface area contributed by atoms with Crippen LogP contribution in [-0.2, 0) is 25.3 Å². The SMILES string of the molecule is Cc1cc2c(cc1OCCCC(=O)Nc1cc(C(=O)Cc3ccc(-c4cc(C(=O)Nc5ccccc5)n(C)c4)cc3)n(C)c1)N=C[C@@H]1CCCCN1C2=O. The number of hydrogen-bond donors (Lipinski definition) is 2. The molecule has 2 N–H and O–H groups in total. The van der Waals surface area contributed by atoms with E-state index >= 15 is 0 Å². The lowest BCUT2D eigenvalue weighted by atomic mass is 10.0.